The molecule has 2 bridgehead atoms. The number of aromatic nitrogens is 1. The molecular weight excluding hydrogens is 1150 g/mol. The first kappa shape index (κ1) is 67.3. The highest BCUT2D eigenvalue weighted by molar-refractivity contribution is 7.99. The number of H-pyrrole nitrogens is 1. The number of hydrogen-bond donors (Lipinski definition) is 11. The molecule has 2 fully saturated rings. The van der Waals surface area contributed by atoms with Crippen molar-refractivity contribution in [1.82, 2.24) is 41.4 Å². The molecule has 2 aromatic rings. The van der Waals surface area contributed by atoms with Crippen molar-refractivity contribution in [2.45, 2.75) is 151 Å². The van der Waals surface area contributed by atoms with E-state index in [4.69, 9.17) is 15.6 Å². The molecule has 8 amide bonds. The number of carboxylic acid groups (broad SMARTS) is 1. The van der Waals surface area contributed by atoms with Gasteiger partial charge >= 0.3 is 5.97 Å². The smallest absolute Gasteiger partial charge is 0.304 e. The Labute approximate surface area is 497 Å². The Kier molecular flexibility index (Phi) is 24.2. The second-order valence-corrected chi connectivity index (χ2v) is 25.3. The molecule has 0 spiro atoms. The first-order chi connectivity index (χ1) is 40.2. The molecule has 4 aliphatic heterocycles. The molecule has 0 radical (unpaired) electrons. The minimum atomic E-state index is -2.44. The van der Waals surface area contributed by atoms with Crippen LogP contribution in [-0.2, 0) is 80.5 Å². The summed E-state index contributed by atoms with van der Waals surface area (Å²) >= 11 is 1.47. The number of fused-ring (bicyclic) bond motifs is 5. The molecule has 4 aliphatic rings. The normalized spacial score (nSPS) is 26.7. The summed E-state index contributed by atoms with van der Waals surface area (Å²) in [5, 5.41) is 53.8. The van der Waals surface area contributed by atoms with Crippen molar-refractivity contribution in [3.05, 3.63) is 23.3 Å². The summed E-state index contributed by atoms with van der Waals surface area (Å²) in [6.45, 7) is 4.34. The maximum Gasteiger partial charge on any atom is 0.304 e. The van der Waals surface area contributed by atoms with Crippen LogP contribution in [-0.4, -0.2) is 204 Å². The summed E-state index contributed by atoms with van der Waals surface area (Å²) in [4.78, 5) is 170. The monoisotopic (exact) mass is 1230 g/mol. The average molecular weight is 1230 g/mol. The number of nitrogens with one attached hydrogen (secondary N) is 6. The van der Waals surface area contributed by atoms with Crippen LogP contribution in [0.2, 0.25) is 0 Å². The van der Waals surface area contributed by atoms with Gasteiger partial charge in [0.05, 0.1) is 80.0 Å². The van der Waals surface area contributed by atoms with Crippen LogP contribution in [0.3, 0.4) is 0 Å². The molecule has 0 saturated carbocycles. The molecule has 2 saturated heterocycles. The van der Waals surface area contributed by atoms with Crippen LogP contribution in [0.1, 0.15) is 103 Å². The highest BCUT2D eigenvalue weighted by Gasteiger charge is 2.45. The Balaban J connectivity index is 1.48. The number of Topliss-reactive ketones (excluding diaryl/α,β-unsaturated/α-hetero) is 3. The maximum absolute atomic E-state index is 15.4. The number of likely N-dealkylation sites (tertiary alicyclic amines) is 1. The second kappa shape index (κ2) is 30.5. The van der Waals surface area contributed by atoms with Crippen LogP contribution >= 0.6 is 11.8 Å². The number of aromatic amines is 1. The number of carbonyl (C=O) groups excluding carboxylic acids is 11. The number of amides is 8. The summed E-state index contributed by atoms with van der Waals surface area (Å²) < 4.78 is 21.2. The van der Waals surface area contributed by atoms with Gasteiger partial charge in [-0.25, -0.2) is 0 Å². The third-order valence-corrected chi connectivity index (χ3v) is 19.2. The number of ketones is 3. The van der Waals surface area contributed by atoms with Crippen molar-refractivity contribution >= 4 is 104 Å². The summed E-state index contributed by atoms with van der Waals surface area (Å²) in [5.74, 6) is -15.1. The van der Waals surface area contributed by atoms with Crippen LogP contribution in [0.5, 0.6) is 5.75 Å². The topological polar surface area (TPSA) is 420 Å². The lowest BCUT2D eigenvalue weighted by atomic mass is 9.85. The van der Waals surface area contributed by atoms with Crippen molar-refractivity contribution in [2.75, 3.05) is 52.2 Å². The zero-order chi connectivity index (χ0) is 62.6. The van der Waals surface area contributed by atoms with Crippen molar-refractivity contribution in [3.63, 3.8) is 0 Å². The minimum absolute atomic E-state index is 0.0557. The lowest BCUT2D eigenvalue weighted by Gasteiger charge is -2.32. The van der Waals surface area contributed by atoms with E-state index in [1.807, 2.05) is 0 Å². The number of rotatable bonds is 18. The van der Waals surface area contributed by atoms with Gasteiger partial charge in [-0.3, -0.25) is 61.7 Å². The number of aliphatic carboxylic acids is 1. The molecule has 13 atom stereocenters. The van der Waals surface area contributed by atoms with Gasteiger partial charge in [-0.2, -0.15) is 11.8 Å². The molecule has 85 heavy (non-hydrogen) atoms. The predicted molar refractivity (Wildman–Crippen MR) is 306 cm³/mol. The molecule has 12 N–H and O–H groups in total. The number of carboxylic acids is 1. The van der Waals surface area contributed by atoms with E-state index < -0.39 is 200 Å². The minimum Gasteiger partial charge on any atom is -0.496 e. The standard InChI is InChI=1S/C56H79N9O18S2/c1-6-27(2)35-17-31(67)20-58-51(77)30-15-36-34-10-11-44(83-5)37(25-84-33-12-13-64(23-33)47(74)9-7-8-41(69)28(3)14-48(75)76)50(34)63-55(36)85(82)26-39(60-46(73)21-59-52(35)78)53(79)61-38(19-45(57)72)56(81)65-22-32(68)18-40(65)54(80)62-49(42(70)16-30)29(4)43(71)24-66/h10-11,27-30,32-33,35,38-40,43,49,63,66,68,71H,6-9,12-26H2,1-5H3,(H2,57,72)(H,58,77)(H,59,78)(H,60,73)(H,61,79)(H,62,80)(H,75,76)/t27-,28?,29-,30+,32+,33+,35-,38-,39-,40-,43-,49-,85?/m0/s1. The number of nitrogens with zero attached hydrogens (tertiary/aromatic N) is 2. The maximum atomic E-state index is 15.4. The SMILES string of the molecule is CC[C@H](C)[C@@H]1CC(=O)CNC(=O)[C@H]2CC(=O)[C@H]([C@@H](C)[C@@H](O)CO)NC(=O)[C@@H]3C[C@@H](O)CN3C(=O)[C@H](CC(N)=O)NC(=O)[C@H](CS(=O)c3[nH]c4c(CS[C@@H]5CCN(C(=O)CCCC(=O)C(C)CC(=O)O)C5)c(OC)ccc4c3C2)NC(=O)CNC1=O. The van der Waals surface area contributed by atoms with Crippen LogP contribution in [0, 0.1) is 29.6 Å². The van der Waals surface area contributed by atoms with Crippen molar-refractivity contribution in [1.29, 1.82) is 0 Å². The van der Waals surface area contributed by atoms with Crippen molar-refractivity contribution < 1.29 is 86.9 Å². The van der Waals surface area contributed by atoms with Gasteiger partial charge in [-0.1, -0.05) is 34.1 Å². The van der Waals surface area contributed by atoms with E-state index in [1.165, 1.54) is 32.7 Å². The fourth-order valence-corrected chi connectivity index (χ4v) is 13.8. The van der Waals surface area contributed by atoms with Crippen molar-refractivity contribution in [3.8, 4) is 5.75 Å². The summed E-state index contributed by atoms with van der Waals surface area (Å²) in [7, 11) is -1.01. The molecule has 27 nitrogen and oxygen atoms in total. The molecule has 1 aromatic heterocycles. The van der Waals surface area contributed by atoms with Crippen LogP contribution in [0.25, 0.3) is 10.9 Å². The third kappa shape index (κ3) is 17.4. The third-order valence-electron chi connectivity index (χ3n) is 16.4. The number of carbonyl (C=O) groups is 12. The molecule has 29 heteroatoms. The summed E-state index contributed by atoms with van der Waals surface area (Å²) in [6, 6.07) is -3.76. The number of aliphatic hydroxyl groups excluding tert-OH is 3. The van der Waals surface area contributed by atoms with Gasteiger partial charge < -0.3 is 72.3 Å². The Morgan fingerprint density at radius 2 is 1.62 bits per heavy atom. The van der Waals surface area contributed by atoms with Crippen LogP contribution in [0.15, 0.2) is 17.2 Å². The van der Waals surface area contributed by atoms with E-state index in [9.17, 15) is 72.9 Å². The Morgan fingerprint density at radius 3 is 2.29 bits per heavy atom. The first-order valence-electron chi connectivity index (χ1n) is 28.5. The quantitative estimate of drug-likeness (QED) is 0.0788. The van der Waals surface area contributed by atoms with Gasteiger partial charge in [0.15, 0.2) is 11.6 Å². The van der Waals surface area contributed by atoms with Gasteiger partial charge in [0, 0.05) is 97.4 Å². The van der Waals surface area contributed by atoms with Gasteiger partial charge in [-0.15, -0.1) is 0 Å². The fourth-order valence-electron chi connectivity index (χ4n) is 11.2. The molecule has 1 aromatic carbocycles. The Morgan fingerprint density at radius 1 is 0.906 bits per heavy atom. The van der Waals surface area contributed by atoms with Crippen molar-refractivity contribution in [2.24, 2.45) is 35.3 Å². The number of methoxy groups -OCH3 is 1. The molecular formula is C56H79N9O18S2. The lowest BCUT2D eigenvalue weighted by Crippen LogP contribution is -2.60. The Hall–Kier alpha value is -6.82. The second-order valence-electron chi connectivity index (χ2n) is 22.6. The fraction of sp³-hybridized carbons (Fsp3) is 0.643. The summed E-state index contributed by atoms with van der Waals surface area (Å²) in [6.07, 6.45) is -4.80. The van der Waals surface area contributed by atoms with E-state index in [0.717, 1.165) is 4.90 Å². The van der Waals surface area contributed by atoms with E-state index >= 15 is 4.21 Å². The van der Waals surface area contributed by atoms with Gasteiger partial charge in [0.1, 0.15) is 34.7 Å². The van der Waals surface area contributed by atoms with E-state index in [2.05, 4.69) is 31.6 Å². The average Bonchev–Trinajstić information content (AvgIpc) is 2.03. The number of nitrogens with two attached hydrogens (primary N) is 1. The largest absolute Gasteiger partial charge is 0.496 e. The zero-order valence-electron chi connectivity index (χ0n) is 48.3. The number of benzene rings is 1. The highest BCUT2D eigenvalue weighted by Crippen LogP contribution is 2.39. The number of hydrogen-bond acceptors (Lipinski definition) is 18. The van der Waals surface area contributed by atoms with E-state index in [-0.39, 0.29) is 59.0 Å². The molecule has 468 valence electrons. The van der Waals surface area contributed by atoms with Gasteiger partial charge in [0.2, 0.25) is 47.3 Å². The number of ether oxygens (including phenoxy) is 1. The number of thioether (sulfide) groups is 1. The Bertz CT molecular complexity index is 2920. The highest BCUT2D eigenvalue weighted by atomic mass is 32.2. The van der Waals surface area contributed by atoms with Gasteiger partial charge in [-0.05, 0) is 42.9 Å². The van der Waals surface area contributed by atoms with Crippen LogP contribution < -0.4 is 37.1 Å². The zero-order valence-corrected chi connectivity index (χ0v) is 49.9. The number of primary amides is 1. The molecule has 2 unspecified atom stereocenters. The molecule has 5 heterocycles. The summed E-state index contributed by atoms with van der Waals surface area (Å²) in [5.41, 5.74) is 6.61. The molecule has 0 aliphatic carbocycles. The lowest BCUT2D eigenvalue weighted by molar-refractivity contribution is -0.144. The van der Waals surface area contributed by atoms with E-state index in [1.54, 1.807) is 30.9 Å². The van der Waals surface area contributed by atoms with Gasteiger partial charge in [0.25, 0.3) is 0 Å². The van der Waals surface area contributed by atoms with E-state index in [0.29, 0.717) is 48.1 Å². The molecule has 6 rings (SSSR count). The van der Waals surface area contributed by atoms with Crippen LogP contribution in [0.4, 0.5) is 0 Å². The first-order valence-corrected chi connectivity index (χ1v) is 30.9. The predicted octanol–water partition coefficient (Wildman–Crippen LogP) is -1.75. The number of aliphatic hydroxyl groups is 3.